The molecule has 138 valence electrons. The monoisotopic (exact) mass is 381 g/mol. The molecule has 0 unspecified atom stereocenters. The Labute approximate surface area is 163 Å². The van der Waals surface area contributed by atoms with Gasteiger partial charge in [-0.1, -0.05) is 47.5 Å². The summed E-state index contributed by atoms with van der Waals surface area (Å²) >= 11 is 6.07. The van der Waals surface area contributed by atoms with Gasteiger partial charge in [-0.3, -0.25) is 4.79 Å². The lowest BCUT2D eigenvalue weighted by atomic mass is 10.2. The van der Waals surface area contributed by atoms with E-state index in [1.165, 1.54) is 0 Å². The highest BCUT2D eigenvalue weighted by molar-refractivity contribution is 6.31. The Morgan fingerprint density at radius 3 is 2.44 bits per heavy atom. The molecule has 0 radical (unpaired) electrons. The van der Waals surface area contributed by atoms with Crippen molar-refractivity contribution in [3.05, 3.63) is 83.4 Å². The molecule has 0 aliphatic rings. The van der Waals surface area contributed by atoms with E-state index in [-0.39, 0.29) is 18.9 Å². The maximum atomic E-state index is 12.3. The summed E-state index contributed by atoms with van der Waals surface area (Å²) in [5.41, 5.74) is 1.68. The van der Waals surface area contributed by atoms with E-state index in [9.17, 15) is 4.79 Å². The van der Waals surface area contributed by atoms with Crippen LogP contribution in [0.4, 0.5) is 5.69 Å². The maximum Gasteiger partial charge on any atom is 0.227 e. The van der Waals surface area contributed by atoms with Gasteiger partial charge >= 0.3 is 0 Å². The number of carbonyl (C=O) groups is 1. The van der Waals surface area contributed by atoms with E-state index in [0.717, 1.165) is 11.3 Å². The first-order chi connectivity index (χ1) is 13.1. The molecule has 0 spiro atoms. The van der Waals surface area contributed by atoms with Crippen molar-refractivity contribution in [1.82, 2.24) is 0 Å². The van der Waals surface area contributed by atoms with Crippen LogP contribution in [-0.4, -0.2) is 12.5 Å². The highest BCUT2D eigenvalue weighted by atomic mass is 35.5. The van der Waals surface area contributed by atoms with Gasteiger partial charge in [0.15, 0.2) is 5.75 Å². The SMILES string of the molecule is Cc1ccc(OCCC(=O)Nc2cc(Cl)ccc2Oc2ccccc2)cc1. The van der Waals surface area contributed by atoms with Crippen molar-refractivity contribution in [2.45, 2.75) is 13.3 Å². The first-order valence-corrected chi connectivity index (χ1v) is 9.00. The minimum atomic E-state index is -0.178. The molecule has 3 aromatic carbocycles. The van der Waals surface area contributed by atoms with Crippen LogP contribution in [0.1, 0.15) is 12.0 Å². The van der Waals surface area contributed by atoms with Crippen molar-refractivity contribution in [2.24, 2.45) is 0 Å². The molecule has 0 saturated heterocycles. The predicted molar refractivity (Wildman–Crippen MR) is 108 cm³/mol. The minimum Gasteiger partial charge on any atom is -0.493 e. The normalized spacial score (nSPS) is 10.3. The van der Waals surface area contributed by atoms with E-state index < -0.39 is 0 Å². The molecule has 0 aromatic heterocycles. The molecule has 0 aliphatic heterocycles. The molecule has 3 aromatic rings. The summed E-state index contributed by atoms with van der Waals surface area (Å²) < 4.78 is 11.4. The lowest BCUT2D eigenvalue weighted by Gasteiger charge is -2.13. The topological polar surface area (TPSA) is 47.6 Å². The summed E-state index contributed by atoms with van der Waals surface area (Å²) in [6.45, 7) is 2.29. The first kappa shape index (κ1) is 18.8. The van der Waals surface area contributed by atoms with E-state index in [1.54, 1.807) is 18.2 Å². The Kier molecular flexibility index (Phi) is 6.34. The second kappa shape index (κ2) is 9.10. The van der Waals surface area contributed by atoms with Crippen LogP contribution in [0.25, 0.3) is 0 Å². The van der Waals surface area contributed by atoms with Crippen molar-refractivity contribution < 1.29 is 14.3 Å². The number of para-hydroxylation sites is 1. The molecule has 0 fully saturated rings. The van der Waals surface area contributed by atoms with Gasteiger partial charge in [-0.2, -0.15) is 0 Å². The summed E-state index contributed by atoms with van der Waals surface area (Å²) in [7, 11) is 0. The minimum absolute atomic E-state index is 0.178. The molecule has 4 nitrogen and oxygen atoms in total. The van der Waals surface area contributed by atoms with E-state index in [2.05, 4.69) is 5.32 Å². The Balaban J connectivity index is 1.59. The van der Waals surface area contributed by atoms with Crippen molar-refractivity contribution in [3.8, 4) is 17.2 Å². The van der Waals surface area contributed by atoms with Gasteiger partial charge in [-0.25, -0.2) is 0 Å². The summed E-state index contributed by atoms with van der Waals surface area (Å²) in [5.74, 6) is 1.77. The smallest absolute Gasteiger partial charge is 0.227 e. The second-order valence-corrected chi connectivity index (χ2v) is 6.45. The van der Waals surface area contributed by atoms with Crippen LogP contribution >= 0.6 is 11.6 Å². The number of carbonyl (C=O) groups excluding carboxylic acids is 1. The molecule has 0 atom stereocenters. The largest absolute Gasteiger partial charge is 0.493 e. The number of anilines is 1. The third-order valence-corrected chi connectivity index (χ3v) is 4.04. The molecular formula is C22H20ClNO3. The summed E-state index contributed by atoms with van der Waals surface area (Å²) in [4.78, 5) is 12.3. The van der Waals surface area contributed by atoms with Crippen LogP contribution in [0.3, 0.4) is 0 Å². The Morgan fingerprint density at radius 1 is 0.963 bits per heavy atom. The summed E-state index contributed by atoms with van der Waals surface area (Å²) in [6, 6.07) is 22.2. The second-order valence-electron chi connectivity index (χ2n) is 6.02. The van der Waals surface area contributed by atoms with Gasteiger partial charge in [-0.05, 0) is 49.4 Å². The molecule has 0 heterocycles. The lowest BCUT2D eigenvalue weighted by Crippen LogP contribution is -2.15. The van der Waals surface area contributed by atoms with Crippen molar-refractivity contribution in [2.75, 3.05) is 11.9 Å². The van der Waals surface area contributed by atoms with Crippen molar-refractivity contribution >= 4 is 23.2 Å². The number of amides is 1. The number of hydrogen-bond acceptors (Lipinski definition) is 3. The van der Waals surface area contributed by atoms with Crippen LogP contribution in [0.2, 0.25) is 5.02 Å². The molecular weight excluding hydrogens is 362 g/mol. The number of benzene rings is 3. The van der Waals surface area contributed by atoms with Gasteiger partial charge in [0, 0.05) is 5.02 Å². The highest BCUT2D eigenvalue weighted by Crippen LogP contribution is 2.32. The molecule has 0 saturated carbocycles. The number of hydrogen-bond donors (Lipinski definition) is 1. The van der Waals surface area contributed by atoms with Gasteiger partial charge in [0.2, 0.25) is 5.91 Å². The van der Waals surface area contributed by atoms with Crippen LogP contribution in [0.15, 0.2) is 72.8 Å². The Hall–Kier alpha value is -2.98. The van der Waals surface area contributed by atoms with Crippen molar-refractivity contribution in [1.29, 1.82) is 0 Å². The van der Waals surface area contributed by atoms with Crippen LogP contribution in [0.5, 0.6) is 17.2 Å². The average molecular weight is 382 g/mol. The fraction of sp³-hybridized carbons (Fsp3) is 0.136. The lowest BCUT2D eigenvalue weighted by molar-refractivity contribution is -0.116. The van der Waals surface area contributed by atoms with E-state index >= 15 is 0 Å². The first-order valence-electron chi connectivity index (χ1n) is 8.62. The van der Waals surface area contributed by atoms with E-state index in [4.69, 9.17) is 21.1 Å². The summed E-state index contributed by atoms with van der Waals surface area (Å²) in [5, 5.41) is 3.35. The molecule has 27 heavy (non-hydrogen) atoms. The Morgan fingerprint density at radius 2 is 1.70 bits per heavy atom. The van der Waals surface area contributed by atoms with Crippen LogP contribution in [-0.2, 0) is 4.79 Å². The predicted octanol–water partition coefficient (Wildman–Crippen LogP) is 5.85. The molecule has 0 bridgehead atoms. The quantitative estimate of drug-likeness (QED) is 0.558. The van der Waals surface area contributed by atoms with Gasteiger partial charge in [0.25, 0.3) is 0 Å². The number of nitrogens with one attached hydrogen (secondary N) is 1. The zero-order valence-electron chi connectivity index (χ0n) is 14.9. The fourth-order valence-corrected chi connectivity index (χ4v) is 2.59. The average Bonchev–Trinajstić information content (AvgIpc) is 2.66. The molecule has 0 aliphatic carbocycles. The zero-order valence-corrected chi connectivity index (χ0v) is 15.7. The third kappa shape index (κ3) is 5.76. The van der Waals surface area contributed by atoms with Gasteiger partial charge in [0.05, 0.1) is 18.7 Å². The number of rotatable bonds is 7. The number of ether oxygens (including phenoxy) is 2. The van der Waals surface area contributed by atoms with E-state index in [0.29, 0.717) is 22.2 Å². The molecule has 3 rings (SSSR count). The maximum absolute atomic E-state index is 12.3. The van der Waals surface area contributed by atoms with Gasteiger partial charge in [0.1, 0.15) is 11.5 Å². The van der Waals surface area contributed by atoms with Crippen molar-refractivity contribution in [3.63, 3.8) is 0 Å². The fourth-order valence-electron chi connectivity index (χ4n) is 2.41. The van der Waals surface area contributed by atoms with Crippen LogP contribution < -0.4 is 14.8 Å². The Bertz CT molecular complexity index is 895. The molecule has 1 amide bonds. The molecule has 5 heteroatoms. The number of aryl methyl sites for hydroxylation is 1. The van der Waals surface area contributed by atoms with E-state index in [1.807, 2.05) is 61.5 Å². The molecule has 1 N–H and O–H groups in total. The highest BCUT2D eigenvalue weighted by Gasteiger charge is 2.10. The number of halogens is 1. The zero-order chi connectivity index (χ0) is 19.1. The third-order valence-electron chi connectivity index (χ3n) is 3.81. The standard InChI is InChI=1S/C22H20ClNO3/c1-16-7-10-18(11-8-16)26-14-13-22(25)24-20-15-17(23)9-12-21(20)27-19-5-3-2-4-6-19/h2-12,15H,13-14H2,1H3,(H,24,25). The van der Waals surface area contributed by atoms with Crippen LogP contribution in [0, 0.1) is 6.92 Å². The van der Waals surface area contributed by atoms with Gasteiger partial charge in [-0.15, -0.1) is 0 Å². The van der Waals surface area contributed by atoms with Gasteiger partial charge < -0.3 is 14.8 Å². The summed E-state index contributed by atoms with van der Waals surface area (Å²) in [6.07, 6.45) is 0.213.